The number of hydrogen-bond acceptors (Lipinski definition) is 4. The largest absolute Gasteiger partial charge is 0.484 e. The molecule has 0 aromatic heterocycles. The van der Waals surface area contributed by atoms with Crippen LogP contribution in [0.5, 0.6) is 5.75 Å². The summed E-state index contributed by atoms with van der Waals surface area (Å²) in [7, 11) is 1.78. The van der Waals surface area contributed by atoms with Crippen molar-refractivity contribution in [3.05, 3.63) is 29.8 Å². The van der Waals surface area contributed by atoms with Gasteiger partial charge in [0.2, 0.25) is 0 Å². The Morgan fingerprint density at radius 3 is 2.75 bits per heavy atom. The summed E-state index contributed by atoms with van der Waals surface area (Å²) in [6.07, 6.45) is 6.15. The minimum absolute atomic E-state index is 0.121. The Balaban J connectivity index is 1.83. The van der Waals surface area contributed by atoms with Gasteiger partial charge < -0.3 is 25.8 Å². The average Bonchev–Trinajstić information content (AvgIpc) is 3.16. The minimum atomic E-state index is -0.488. The maximum atomic E-state index is 10.9. The van der Waals surface area contributed by atoms with Crippen molar-refractivity contribution in [2.24, 2.45) is 16.1 Å². The quantitative estimate of drug-likeness (QED) is 0.306. The fourth-order valence-corrected chi connectivity index (χ4v) is 3.65. The van der Waals surface area contributed by atoms with E-state index in [9.17, 15) is 4.79 Å². The van der Waals surface area contributed by atoms with E-state index in [1.54, 1.807) is 7.05 Å². The first-order chi connectivity index (χ1) is 13.6. The molecule has 2 rings (SSSR count). The molecule has 7 nitrogen and oxygen atoms in total. The number of guanidine groups is 1. The number of benzene rings is 1. The summed E-state index contributed by atoms with van der Waals surface area (Å²) in [5.41, 5.74) is 6.46. The first-order valence-corrected chi connectivity index (χ1v) is 10.1. The van der Waals surface area contributed by atoms with E-state index in [0.29, 0.717) is 17.7 Å². The first kappa shape index (κ1) is 22.0. The maximum Gasteiger partial charge on any atom is 0.255 e. The lowest BCUT2D eigenvalue weighted by Crippen LogP contribution is -2.43. The molecule has 156 valence electrons. The highest BCUT2D eigenvalue weighted by Gasteiger charge is 2.33. The summed E-state index contributed by atoms with van der Waals surface area (Å²) >= 11 is 0. The first-order valence-electron chi connectivity index (χ1n) is 10.1. The Morgan fingerprint density at radius 2 is 2.07 bits per heavy atom. The van der Waals surface area contributed by atoms with Crippen molar-refractivity contribution in [3.8, 4) is 5.75 Å². The molecule has 4 N–H and O–H groups in total. The van der Waals surface area contributed by atoms with Crippen LogP contribution in [0.3, 0.4) is 0 Å². The van der Waals surface area contributed by atoms with Gasteiger partial charge >= 0.3 is 0 Å². The van der Waals surface area contributed by atoms with Crippen LogP contribution in [-0.4, -0.2) is 45.3 Å². The third-order valence-corrected chi connectivity index (χ3v) is 5.24. The van der Waals surface area contributed by atoms with E-state index in [-0.39, 0.29) is 6.61 Å². The van der Waals surface area contributed by atoms with Crippen LogP contribution >= 0.6 is 0 Å². The van der Waals surface area contributed by atoms with Crippen LogP contribution in [0.2, 0.25) is 0 Å². The van der Waals surface area contributed by atoms with Gasteiger partial charge in [-0.3, -0.25) is 9.79 Å². The van der Waals surface area contributed by atoms with Crippen LogP contribution in [-0.2, 0) is 16.1 Å². The highest BCUT2D eigenvalue weighted by atomic mass is 16.5. The lowest BCUT2D eigenvalue weighted by Gasteiger charge is -2.30. The number of ether oxygens (including phenoxy) is 2. The Labute approximate surface area is 168 Å². The summed E-state index contributed by atoms with van der Waals surface area (Å²) in [5.74, 6) is 0.923. The molecule has 0 heterocycles. The second-order valence-electron chi connectivity index (χ2n) is 7.34. The zero-order valence-electron chi connectivity index (χ0n) is 17.1. The molecule has 7 heteroatoms. The molecule has 1 amide bonds. The molecule has 0 spiro atoms. The average molecular weight is 391 g/mol. The third-order valence-electron chi connectivity index (χ3n) is 5.24. The highest BCUT2D eigenvalue weighted by molar-refractivity contribution is 5.79. The van der Waals surface area contributed by atoms with Crippen molar-refractivity contribution >= 4 is 11.9 Å². The van der Waals surface area contributed by atoms with Crippen molar-refractivity contribution in [1.29, 1.82) is 0 Å². The Hall–Kier alpha value is -2.28. The van der Waals surface area contributed by atoms with Crippen LogP contribution in [0.15, 0.2) is 29.3 Å². The third kappa shape index (κ3) is 7.38. The molecule has 1 fully saturated rings. The molecule has 0 radical (unpaired) electrons. The molecule has 1 aliphatic carbocycles. The Kier molecular flexibility index (Phi) is 9.07. The van der Waals surface area contributed by atoms with Crippen LogP contribution in [0, 0.1) is 5.41 Å². The maximum absolute atomic E-state index is 10.9. The van der Waals surface area contributed by atoms with E-state index in [1.807, 2.05) is 31.2 Å². The summed E-state index contributed by atoms with van der Waals surface area (Å²) in [5, 5.41) is 6.84. The number of rotatable bonds is 11. The molecule has 0 atom stereocenters. The Bertz CT molecular complexity index is 642. The standard InChI is InChI=1S/C21H34N4O3/c1-3-27-12-11-21(9-4-5-10-21)16-25-20(23-2)24-14-17-7-6-8-18(13-17)28-15-19(22)26/h6-8,13H,3-5,9-12,14-16H2,1-2H3,(H2,22,26)(H2,23,24,25). The predicted octanol–water partition coefficient (Wildman–Crippen LogP) is 2.20. The number of aliphatic imine (C=N–C) groups is 1. The molecule has 28 heavy (non-hydrogen) atoms. The highest BCUT2D eigenvalue weighted by Crippen LogP contribution is 2.40. The number of nitrogens with zero attached hydrogens (tertiary/aromatic N) is 1. The molecule has 1 aromatic carbocycles. The fourth-order valence-electron chi connectivity index (χ4n) is 3.65. The van der Waals surface area contributed by atoms with Gasteiger partial charge in [0.05, 0.1) is 0 Å². The number of hydrogen-bond donors (Lipinski definition) is 3. The van der Waals surface area contributed by atoms with Gasteiger partial charge in [-0.25, -0.2) is 0 Å². The van der Waals surface area contributed by atoms with Crippen LogP contribution in [0.1, 0.15) is 44.6 Å². The molecular weight excluding hydrogens is 356 g/mol. The van der Waals surface area contributed by atoms with Crippen LogP contribution in [0.4, 0.5) is 0 Å². The number of nitrogens with one attached hydrogen (secondary N) is 2. The van der Waals surface area contributed by atoms with Crippen molar-refractivity contribution in [3.63, 3.8) is 0 Å². The summed E-state index contributed by atoms with van der Waals surface area (Å²) in [6, 6.07) is 7.59. The predicted molar refractivity (Wildman–Crippen MR) is 111 cm³/mol. The van der Waals surface area contributed by atoms with E-state index in [0.717, 1.165) is 37.7 Å². The number of carbonyl (C=O) groups excluding carboxylic acids is 1. The normalized spacial score (nSPS) is 16.0. The zero-order chi connectivity index (χ0) is 20.2. The van der Waals surface area contributed by atoms with Crippen LogP contribution < -0.4 is 21.1 Å². The van der Waals surface area contributed by atoms with Crippen molar-refractivity contribution in [1.82, 2.24) is 10.6 Å². The van der Waals surface area contributed by atoms with Gasteiger partial charge in [0.25, 0.3) is 5.91 Å². The lowest BCUT2D eigenvalue weighted by atomic mass is 9.83. The monoisotopic (exact) mass is 390 g/mol. The van der Waals surface area contributed by atoms with Gasteiger partial charge in [0.15, 0.2) is 12.6 Å². The summed E-state index contributed by atoms with van der Waals surface area (Å²) in [6.45, 7) is 5.03. The molecular formula is C21H34N4O3. The van der Waals surface area contributed by atoms with Gasteiger partial charge in [0.1, 0.15) is 5.75 Å². The Morgan fingerprint density at radius 1 is 1.29 bits per heavy atom. The van der Waals surface area contributed by atoms with E-state index < -0.39 is 5.91 Å². The second-order valence-corrected chi connectivity index (χ2v) is 7.34. The summed E-state index contributed by atoms with van der Waals surface area (Å²) < 4.78 is 10.9. The molecule has 0 saturated heterocycles. The minimum Gasteiger partial charge on any atom is -0.484 e. The number of amides is 1. The smallest absolute Gasteiger partial charge is 0.255 e. The molecule has 1 aromatic rings. The molecule has 1 aliphatic rings. The van der Waals surface area contributed by atoms with E-state index >= 15 is 0 Å². The van der Waals surface area contributed by atoms with E-state index in [1.165, 1.54) is 25.7 Å². The SMILES string of the molecule is CCOCCC1(CNC(=NC)NCc2cccc(OCC(N)=O)c2)CCCC1. The van der Waals surface area contributed by atoms with Gasteiger partial charge in [-0.15, -0.1) is 0 Å². The second kappa shape index (κ2) is 11.5. The van der Waals surface area contributed by atoms with Gasteiger partial charge in [0, 0.05) is 33.4 Å². The zero-order valence-corrected chi connectivity index (χ0v) is 17.1. The van der Waals surface area contributed by atoms with E-state index in [4.69, 9.17) is 15.2 Å². The number of primary amides is 1. The van der Waals surface area contributed by atoms with Crippen molar-refractivity contribution in [2.75, 3.05) is 33.4 Å². The fraction of sp³-hybridized carbons (Fsp3) is 0.619. The number of nitrogens with two attached hydrogens (primary N) is 1. The lowest BCUT2D eigenvalue weighted by molar-refractivity contribution is -0.119. The molecule has 0 unspecified atom stereocenters. The van der Waals surface area contributed by atoms with Gasteiger partial charge in [-0.05, 0) is 49.3 Å². The number of carbonyl (C=O) groups is 1. The molecule has 0 bridgehead atoms. The van der Waals surface area contributed by atoms with Crippen molar-refractivity contribution < 1.29 is 14.3 Å². The van der Waals surface area contributed by atoms with E-state index in [2.05, 4.69) is 15.6 Å². The molecule has 1 saturated carbocycles. The van der Waals surface area contributed by atoms with Crippen LogP contribution in [0.25, 0.3) is 0 Å². The topological polar surface area (TPSA) is 98.0 Å². The van der Waals surface area contributed by atoms with Crippen molar-refractivity contribution in [2.45, 2.75) is 45.6 Å². The molecule has 0 aliphatic heterocycles. The van der Waals surface area contributed by atoms with Gasteiger partial charge in [-0.1, -0.05) is 25.0 Å². The van der Waals surface area contributed by atoms with Gasteiger partial charge in [-0.2, -0.15) is 0 Å². The summed E-state index contributed by atoms with van der Waals surface area (Å²) in [4.78, 5) is 15.2.